The van der Waals surface area contributed by atoms with Crippen LogP contribution in [0.1, 0.15) is 33.1 Å². The lowest BCUT2D eigenvalue weighted by Crippen LogP contribution is -2.47. The number of hydrogen-bond acceptors (Lipinski definition) is 2. The minimum atomic E-state index is -0.124. The Kier molecular flexibility index (Phi) is 5.32. The Morgan fingerprint density at radius 1 is 1.44 bits per heavy atom. The van der Waals surface area contributed by atoms with Crippen molar-refractivity contribution < 1.29 is 9.90 Å². The van der Waals surface area contributed by atoms with Crippen LogP contribution in [0.5, 0.6) is 0 Å². The number of urea groups is 1. The van der Waals surface area contributed by atoms with Gasteiger partial charge in [-0.25, -0.2) is 4.79 Å². The van der Waals surface area contributed by atoms with Gasteiger partial charge in [0.15, 0.2) is 0 Å². The largest absolute Gasteiger partial charge is 0.396 e. The van der Waals surface area contributed by atoms with E-state index in [1.54, 1.807) is 0 Å². The van der Waals surface area contributed by atoms with Crippen LogP contribution in [-0.2, 0) is 0 Å². The summed E-state index contributed by atoms with van der Waals surface area (Å²) in [5.74, 6) is 0.333. The molecule has 0 aromatic carbocycles. The fraction of sp³-hybridized carbons (Fsp3) is 0.750. The Morgan fingerprint density at radius 3 is 2.56 bits per heavy atom. The smallest absolute Gasteiger partial charge is 0.315 e. The van der Waals surface area contributed by atoms with Crippen LogP contribution in [0.2, 0.25) is 0 Å². The van der Waals surface area contributed by atoms with E-state index < -0.39 is 0 Å². The van der Waals surface area contributed by atoms with E-state index in [4.69, 9.17) is 5.11 Å². The molecule has 1 rings (SSSR count). The minimum absolute atomic E-state index is 0.0411. The summed E-state index contributed by atoms with van der Waals surface area (Å²) < 4.78 is 0. The Bertz CT molecular complexity index is 243. The van der Waals surface area contributed by atoms with Crippen molar-refractivity contribution in [2.75, 3.05) is 6.61 Å². The second-order valence-corrected chi connectivity index (χ2v) is 4.62. The number of rotatable bonds is 5. The van der Waals surface area contributed by atoms with Crippen molar-refractivity contribution in [2.45, 2.75) is 45.2 Å². The maximum Gasteiger partial charge on any atom is 0.315 e. The highest BCUT2D eigenvalue weighted by Crippen LogP contribution is 2.09. The van der Waals surface area contributed by atoms with Gasteiger partial charge in [0, 0.05) is 18.7 Å². The first kappa shape index (κ1) is 13.0. The van der Waals surface area contributed by atoms with Crippen LogP contribution in [0.4, 0.5) is 4.79 Å². The van der Waals surface area contributed by atoms with E-state index in [0.717, 1.165) is 12.8 Å². The number of nitrogens with one attached hydrogen (secondary N) is 2. The normalized spacial score (nSPS) is 17.8. The summed E-state index contributed by atoms with van der Waals surface area (Å²) in [7, 11) is 0. The van der Waals surface area contributed by atoms with Gasteiger partial charge in [-0.1, -0.05) is 26.0 Å². The van der Waals surface area contributed by atoms with E-state index in [9.17, 15) is 4.79 Å². The Hall–Kier alpha value is -1.03. The molecular weight excluding hydrogens is 204 g/mol. The number of aliphatic hydroxyl groups excluding tert-OH is 1. The maximum atomic E-state index is 11.7. The van der Waals surface area contributed by atoms with Gasteiger partial charge in [-0.05, 0) is 25.2 Å². The lowest BCUT2D eigenvalue weighted by atomic mass is 10.0. The molecule has 2 amide bonds. The van der Waals surface area contributed by atoms with E-state index in [-0.39, 0.29) is 24.7 Å². The lowest BCUT2D eigenvalue weighted by Gasteiger charge is -2.23. The van der Waals surface area contributed by atoms with Crippen molar-refractivity contribution in [1.82, 2.24) is 10.6 Å². The van der Waals surface area contributed by atoms with Gasteiger partial charge >= 0.3 is 6.03 Å². The summed E-state index contributed by atoms with van der Waals surface area (Å²) in [5.41, 5.74) is 0. The zero-order chi connectivity index (χ0) is 12.0. The standard InChI is InChI=1S/C12H22N2O2/c1-9(2)11(7-8-15)14-12(16)13-10-5-3-4-6-10/h3-4,9-11,15H,5-8H2,1-2H3,(H2,13,14,16). The molecule has 0 saturated heterocycles. The molecule has 0 aliphatic heterocycles. The van der Waals surface area contributed by atoms with Crippen molar-refractivity contribution >= 4 is 6.03 Å². The van der Waals surface area contributed by atoms with Gasteiger partial charge < -0.3 is 15.7 Å². The van der Waals surface area contributed by atoms with Crippen LogP contribution < -0.4 is 10.6 Å². The molecule has 0 fully saturated rings. The Morgan fingerprint density at radius 2 is 2.06 bits per heavy atom. The number of carbonyl (C=O) groups excluding carboxylic acids is 1. The molecule has 4 heteroatoms. The average Bonchev–Trinajstić information content (AvgIpc) is 2.69. The first-order valence-electron chi connectivity index (χ1n) is 5.96. The van der Waals surface area contributed by atoms with Gasteiger partial charge in [-0.3, -0.25) is 0 Å². The molecule has 92 valence electrons. The van der Waals surface area contributed by atoms with Gasteiger partial charge in [-0.15, -0.1) is 0 Å². The van der Waals surface area contributed by atoms with Crippen LogP contribution >= 0.6 is 0 Å². The molecular formula is C12H22N2O2. The van der Waals surface area contributed by atoms with Gasteiger partial charge in [0.1, 0.15) is 0 Å². The third-order valence-electron chi connectivity index (χ3n) is 2.90. The number of hydrogen-bond donors (Lipinski definition) is 3. The molecule has 1 aliphatic carbocycles. The Labute approximate surface area is 97.1 Å². The van der Waals surface area contributed by atoms with E-state index in [1.165, 1.54) is 0 Å². The SMILES string of the molecule is CC(C)C(CCO)NC(=O)NC1CC=CC1. The van der Waals surface area contributed by atoms with Gasteiger partial charge in [0.05, 0.1) is 0 Å². The van der Waals surface area contributed by atoms with Gasteiger partial charge in [-0.2, -0.15) is 0 Å². The second kappa shape index (κ2) is 6.53. The van der Waals surface area contributed by atoms with Crippen molar-refractivity contribution in [3.05, 3.63) is 12.2 Å². The van der Waals surface area contributed by atoms with Crippen LogP contribution in [0.3, 0.4) is 0 Å². The van der Waals surface area contributed by atoms with Crippen LogP contribution in [0, 0.1) is 5.92 Å². The third kappa shape index (κ3) is 4.23. The summed E-state index contributed by atoms with van der Waals surface area (Å²) in [5, 5.41) is 14.7. The molecule has 0 saturated carbocycles. The fourth-order valence-electron chi connectivity index (χ4n) is 1.84. The number of carbonyl (C=O) groups is 1. The fourth-order valence-corrected chi connectivity index (χ4v) is 1.84. The molecule has 0 heterocycles. The zero-order valence-electron chi connectivity index (χ0n) is 10.1. The van der Waals surface area contributed by atoms with E-state index >= 15 is 0 Å². The van der Waals surface area contributed by atoms with Crippen molar-refractivity contribution in [3.63, 3.8) is 0 Å². The summed E-state index contributed by atoms with van der Waals surface area (Å²) in [6.45, 7) is 4.18. The second-order valence-electron chi connectivity index (χ2n) is 4.62. The van der Waals surface area contributed by atoms with Crippen LogP contribution in [-0.4, -0.2) is 29.8 Å². The third-order valence-corrected chi connectivity index (χ3v) is 2.90. The highest BCUT2D eigenvalue weighted by atomic mass is 16.3. The highest BCUT2D eigenvalue weighted by molar-refractivity contribution is 5.74. The molecule has 0 radical (unpaired) electrons. The summed E-state index contributed by atoms with van der Waals surface area (Å²) in [6.07, 6.45) is 6.60. The average molecular weight is 226 g/mol. The van der Waals surface area contributed by atoms with Gasteiger partial charge in [0.2, 0.25) is 0 Å². The number of aliphatic hydroxyl groups is 1. The van der Waals surface area contributed by atoms with Crippen molar-refractivity contribution in [2.24, 2.45) is 5.92 Å². The molecule has 1 unspecified atom stereocenters. The number of amides is 2. The van der Waals surface area contributed by atoms with Gasteiger partial charge in [0.25, 0.3) is 0 Å². The lowest BCUT2D eigenvalue weighted by molar-refractivity contribution is 0.216. The molecule has 0 spiro atoms. The maximum absolute atomic E-state index is 11.7. The first-order valence-corrected chi connectivity index (χ1v) is 5.96. The summed E-state index contributed by atoms with van der Waals surface area (Å²) in [4.78, 5) is 11.7. The quantitative estimate of drug-likeness (QED) is 0.621. The molecule has 1 atom stereocenters. The van der Waals surface area contributed by atoms with E-state index in [1.807, 2.05) is 13.8 Å². The topological polar surface area (TPSA) is 61.4 Å². The van der Waals surface area contributed by atoms with Crippen molar-refractivity contribution in [3.8, 4) is 0 Å². The zero-order valence-corrected chi connectivity index (χ0v) is 10.1. The highest BCUT2D eigenvalue weighted by Gasteiger charge is 2.18. The van der Waals surface area contributed by atoms with Crippen LogP contribution in [0.15, 0.2) is 12.2 Å². The molecule has 0 aromatic heterocycles. The monoisotopic (exact) mass is 226 g/mol. The van der Waals surface area contributed by atoms with E-state index in [2.05, 4.69) is 22.8 Å². The van der Waals surface area contributed by atoms with E-state index in [0.29, 0.717) is 12.3 Å². The minimum Gasteiger partial charge on any atom is -0.396 e. The van der Waals surface area contributed by atoms with Crippen molar-refractivity contribution in [1.29, 1.82) is 0 Å². The van der Waals surface area contributed by atoms with Crippen LogP contribution in [0.25, 0.3) is 0 Å². The Balaban J connectivity index is 2.30. The predicted molar refractivity (Wildman–Crippen MR) is 64.2 cm³/mol. The molecule has 4 nitrogen and oxygen atoms in total. The predicted octanol–water partition coefficient (Wildman–Crippen LogP) is 1.41. The summed E-state index contributed by atoms with van der Waals surface area (Å²) in [6, 6.07) is 0.155. The molecule has 3 N–H and O–H groups in total. The molecule has 1 aliphatic rings. The first-order chi connectivity index (χ1) is 7.63. The molecule has 16 heavy (non-hydrogen) atoms. The summed E-state index contributed by atoms with van der Waals surface area (Å²) >= 11 is 0. The molecule has 0 aromatic rings. The molecule has 0 bridgehead atoms.